The Morgan fingerprint density at radius 1 is 1.19 bits per heavy atom. The van der Waals surface area contributed by atoms with E-state index in [0.717, 1.165) is 6.54 Å². The van der Waals surface area contributed by atoms with Gasteiger partial charge in [0.2, 0.25) is 0 Å². The maximum Gasteiger partial charge on any atom is 0.0594 e. The molecule has 96 valence electrons. The maximum absolute atomic E-state index is 5.84. The Morgan fingerprint density at radius 3 is 2.19 bits per heavy atom. The van der Waals surface area contributed by atoms with E-state index in [2.05, 4.69) is 39.9 Å². The van der Waals surface area contributed by atoms with Crippen LogP contribution in [0.25, 0.3) is 0 Å². The number of ether oxygens (including phenoxy) is 1. The molecule has 0 amide bonds. The summed E-state index contributed by atoms with van der Waals surface area (Å²) < 4.78 is 5.84. The molecule has 0 saturated carbocycles. The van der Waals surface area contributed by atoms with Gasteiger partial charge in [-0.05, 0) is 25.7 Å². The number of nitrogens with two attached hydrogens (primary N) is 1. The van der Waals surface area contributed by atoms with Crippen LogP contribution in [0.4, 0.5) is 0 Å². The van der Waals surface area contributed by atoms with Crippen molar-refractivity contribution in [1.82, 2.24) is 5.32 Å². The standard InChI is InChI=1S/C13H28N2O/c1-8(2)13(6-14)15-7-12-9(3)10(4)16-11(12)5/h8-13,15H,6-7,14H2,1-5H3. The lowest BCUT2D eigenvalue weighted by molar-refractivity contribution is 0.0508. The smallest absolute Gasteiger partial charge is 0.0594 e. The molecule has 0 radical (unpaired) electrons. The molecule has 3 nitrogen and oxygen atoms in total. The highest BCUT2D eigenvalue weighted by molar-refractivity contribution is 4.86. The monoisotopic (exact) mass is 228 g/mol. The van der Waals surface area contributed by atoms with Gasteiger partial charge in [-0.1, -0.05) is 20.8 Å². The molecular formula is C13H28N2O. The highest BCUT2D eigenvalue weighted by Crippen LogP contribution is 2.31. The Labute approximate surface area is 100 Å². The molecule has 1 aliphatic rings. The third kappa shape index (κ3) is 3.19. The zero-order valence-corrected chi connectivity index (χ0v) is 11.4. The lowest BCUT2D eigenvalue weighted by Gasteiger charge is -2.25. The van der Waals surface area contributed by atoms with Crippen molar-refractivity contribution in [3.63, 3.8) is 0 Å². The van der Waals surface area contributed by atoms with Crippen LogP contribution >= 0.6 is 0 Å². The summed E-state index contributed by atoms with van der Waals surface area (Å²) in [5, 5.41) is 3.59. The Morgan fingerprint density at radius 2 is 1.81 bits per heavy atom. The summed E-state index contributed by atoms with van der Waals surface area (Å²) in [6, 6.07) is 0.426. The molecule has 0 bridgehead atoms. The Balaban J connectivity index is 2.42. The number of rotatable bonds is 5. The van der Waals surface area contributed by atoms with Crippen molar-refractivity contribution < 1.29 is 4.74 Å². The zero-order valence-electron chi connectivity index (χ0n) is 11.4. The summed E-state index contributed by atoms with van der Waals surface area (Å²) in [6.07, 6.45) is 0.750. The van der Waals surface area contributed by atoms with E-state index in [-0.39, 0.29) is 0 Å². The first-order valence-corrected chi connectivity index (χ1v) is 6.56. The average Bonchev–Trinajstić information content (AvgIpc) is 2.44. The first-order chi connectivity index (χ1) is 7.47. The highest BCUT2D eigenvalue weighted by atomic mass is 16.5. The molecule has 0 aromatic carbocycles. The molecule has 5 atom stereocenters. The Bertz CT molecular complexity index is 208. The van der Waals surface area contributed by atoms with Gasteiger partial charge in [0.05, 0.1) is 12.2 Å². The summed E-state index contributed by atoms with van der Waals surface area (Å²) >= 11 is 0. The van der Waals surface area contributed by atoms with Crippen molar-refractivity contribution in [3.05, 3.63) is 0 Å². The van der Waals surface area contributed by atoms with Gasteiger partial charge in [0.1, 0.15) is 0 Å². The molecule has 1 heterocycles. The van der Waals surface area contributed by atoms with E-state index in [0.29, 0.717) is 42.5 Å². The van der Waals surface area contributed by atoms with E-state index in [1.807, 2.05) is 0 Å². The van der Waals surface area contributed by atoms with Crippen LogP contribution < -0.4 is 11.1 Å². The number of hydrogen-bond donors (Lipinski definition) is 2. The quantitative estimate of drug-likeness (QED) is 0.751. The molecule has 5 unspecified atom stereocenters. The van der Waals surface area contributed by atoms with Crippen molar-refractivity contribution in [2.24, 2.45) is 23.5 Å². The number of nitrogens with one attached hydrogen (secondary N) is 1. The molecule has 1 fully saturated rings. The molecule has 1 aliphatic heterocycles. The van der Waals surface area contributed by atoms with Crippen molar-refractivity contribution >= 4 is 0 Å². The van der Waals surface area contributed by atoms with Gasteiger partial charge in [-0.2, -0.15) is 0 Å². The summed E-state index contributed by atoms with van der Waals surface area (Å²) in [5.74, 6) is 1.84. The van der Waals surface area contributed by atoms with Gasteiger partial charge in [0.25, 0.3) is 0 Å². The van der Waals surface area contributed by atoms with Gasteiger partial charge in [-0.15, -0.1) is 0 Å². The van der Waals surface area contributed by atoms with Crippen LogP contribution in [0.2, 0.25) is 0 Å². The summed E-state index contributed by atoms with van der Waals surface area (Å²) in [5.41, 5.74) is 5.76. The van der Waals surface area contributed by atoms with E-state index < -0.39 is 0 Å². The first-order valence-electron chi connectivity index (χ1n) is 6.56. The summed E-state index contributed by atoms with van der Waals surface area (Å²) in [6.45, 7) is 12.8. The van der Waals surface area contributed by atoms with Crippen LogP contribution in [0.1, 0.15) is 34.6 Å². The lowest BCUT2D eigenvalue weighted by Crippen LogP contribution is -2.44. The molecule has 1 rings (SSSR count). The molecule has 16 heavy (non-hydrogen) atoms. The fraction of sp³-hybridized carbons (Fsp3) is 1.00. The van der Waals surface area contributed by atoms with E-state index >= 15 is 0 Å². The van der Waals surface area contributed by atoms with Crippen LogP contribution in [0.5, 0.6) is 0 Å². The van der Waals surface area contributed by atoms with Gasteiger partial charge in [0, 0.05) is 25.0 Å². The van der Waals surface area contributed by atoms with Crippen LogP contribution in [0.3, 0.4) is 0 Å². The molecule has 0 aromatic rings. The van der Waals surface area contributed by atoms with Gasteiger partial charge < -0.3 is 15.8 Å². The minimum absolute atomic E-state index is 0.364. The van der Waals surface area contributed by atoms with Gasteiger partial charge >= 0.3 is 0 Å². The van der Waals surface area contributed by atoms with Crippen molar-refractivity contribution in [1.29, 1.82) is 0 Å². The average molecular weight is 228 g/mol. The Hall–Kier alpha value is -0.120. The van der Waals surface area contributed by atoms with Crippen molar-refractivity contribution in [2.45, 2.75) is 52.9 Å². The molecule has 1 saturated heterocycles. The normalized spacial score (nSPS) is 36.9. The van der Waals surface area contributed by atoms with Gasteiger partial charge in [-0.3, -0.25) is 0 Å². The molecule has 0 spiro atoms. The van der Waals surface area contributed by atoms with Gasteiger partial charge in [-0.25, -0.2) is 0 Å². The van der Waals surface area contributed by atoms with Crippen molar-refractivity contribution in [2.75, 3.05) is 13.1 Å². The second-order valence-corrected chi connectivity index (χ2v) is 5.56. The van der Waals surface area contributed by atoms with E-state index in [4.69, 9.17) is 10.5 Å². The molecule has 0 aliphatic carbocycles. The van der Waals surface area contributed by atoms with E-state index in [1.54, 1.807) is 0 Å². The number of hydrogen-bond acceptors (Lipinski definition) is 3. The molecular weight excluding hydrogens is 200 g/mol. The van der Waals surface area contributed by atoms with E-state index in [9.17, 15) is 0 Å². The SMILES string of the molecule is CC(C)C(CN)NCC1C(C)OC(C)C1C. The minimum atomic E-state index is 0.364. The Kier molecular flexibility index (Phi) is 5.22. The third-order valence-corrected chi connectivity index (χ3v) is 4.12. The molecule has 3 N–H and O–H groups in total. The predicted molar refractivity (Wildman–Crippen MR) is 68.3 cm³/mol. The zero-order chi connectivity index (χ0) is 12.3. The highest BCUT2D eigenvalue weighted by Gasteiger charge is 2.36. The second-order valence-electron chi connectivity index (χ2n) is 5.56. The summed E-state index contributed by atoms with van der Waals surface area (Å²) in [7, 11) is 0. The van der Waals surface area contributed by atoms with Crippen LogP contribution in [0.15, 0.2) is 0 Å². The topological polar surface area (TPSA) is 47.3 Å². The minimum Gasteiger partial charge on any atom is -0.375 e. The van der Waals surface area contributed by atoms with Gasteiger partial charge in [0.15, 0.2) is 0 Å². The lowest BCUT2D eigenvalue weighted by atomic mass is 9.89. The van der Waals surface area contributed by atoms with Crippen molar-refractivity contribution in [3.8, 4) is 0 Å². The molecule has 0 aromatic heterocycles. The fourth-order valence-corrected chi connectivity index (χ4v) is 2.57. The summed E-state index contributed by atoms with van der Waals surface area (Å²) in [4.78, 5) is 0. The maximum atomic E-state index is 5.84. The van der Waals surface area contributed by atoms with Crippen LogP contribution in [-0.4, -0.2) is 31.3 Å². The third-order valence-electron chi connectivity index (χ3n) is 4.12. The van der Waals surface area contributed by atoms with Crippen LogP contribution in [0, 0.1) is 17.8 Å². The second kappa shape index (κ2) is 5.99. The van der Waals surface area contributed by atoms with Crippen LogP contribution in [-0.2, 0) is 4.74 Å². The predicted octanol–water partition coefficient (Wildman–Crippen LogP) is 1.62. The largest absolute Gasteiger partial charge is 0.375 e. The van der Waals surface area contributed by atoms with E-state index in [1.165, 1.54) is 0 Å². The molecule has 3 heteroatoms. The fourth-order valence-electron chi connectivity index (χ4n) is 2.57. The first kappa shape index (κ1) is 13.9.